The van der Waals surface area contributed by atoms with Gasteiger partial charge in [-0.05, 0) is 80.1 Å². The highest BCUT2D eigenvalue weighted by Crippen LogP contribution is 2.46. The fourth-order valence-corrected chi connectivity index (χ4v) is 5.12. The van der Waals surface area contributed by atoms with Crippen molar-refractivity contribution in [3.05, 3.63) is 83.7 Å². The van der Waals surface area contributed by atoms with Crippen molar-refractivity contribution in [3.63, 3.8) is 0 Å². The molecule has 0 aliphatic rings. The van der Waals surface area contributed by atoms with Crippen molar-refractivity contribution in [3.8, 4) is 22.6 Å². The minimum absolute atomic E-state index is 0.166. The van der Waals surface area contributed by atoms with Gasteiger partial charge in [0.05, 0.1) is 23.8 Å². The van der Waals surface area contributed by atoms with Crippen molar-refractivity contribution >= 4 is 11.9 Å². The van der Waals surface area contributed by atoms with Gasteiger partial charge in [0.25, 0.3) is 0 Å². The maximum atomic E-state index is 14.7. The number of carbonyl (C=O) groups excluding carboxylic acids is 2. The number of benzene rings is 3. The molecule has 0 saturated carbocycles. The fraction of sp³-hybridized carbons (Fsp3) is 0.487. The van der Waals surface area contributed by atoms with E-state index in [4.69, 9.17) is 14.2 Å². The second-order valence-electron chi connectivity index (χ2n) is 12.6. The Labute approximate surface area is 303 Å². The lowest BCUT2D eigenvalue weighted by atomic mass is 10.0. The molecule has 0 spiro atoms. The topological polar surface area (TPSA) is 71.1 Å². The Morgan fingerprint density at radius 3 is 1.85 bits per heavy atom. The molecule has 14 heteroatoms. The SMILES string of the molecule is CCCCCCC(C)OC(=O)c1ccc(-c2ccc(OC(=O)c3ccc(OCCCCCCCOCC(F)(F)C(F)(F)C(F)(F)F)cc3F)cc2)cc1. The van der Waals surface area contributed by atoms with Crippen molar-refractivity contribution in [2.75, 3.05) is 19.8 Å². The zero-order chi connectivity index (χ0) is 39.1. The number of unbranched alkanes of at least 4 members (excludes halogenated alkanes) is 7. The van der Waals surface area contributed by atoms with Crippen LogP contribution in [0.25, 0.3) is 11.1 Å². The molecular weight excluding hydrogens is 716 g/mol. The van der Waals surface area contributed by atoms with Gasteiger partial charge in [-0.2, -0.15) is 30.7 Å². The van der Waals surface area contributed by atoms with Crippen LogP contribution in [0.2, 0.25) is 0 Å². The van der Waals surface area contributed by atoms with E-state index in [9.17, 15) is 44.7 Å². The monoisotopic (exact) mass is 760 g/mol. The zero-order valence-corrected chi connectivity index (χ0v) is 29.6. The van der Waals surface area contributed by atoms with Crippen LogP contribution in [0, 0.1) is 5.82 Å². The number of rotatable bonds is 22. The predicted molar refractivity (Wildman–Crippen MR) is 182 cm³/mol. The summed E-state index contributed by atoms with van der Waals surface area (Å²) in [5.74, 6) is -13.4. The Hall–Kier alpha value is -4.20. The molecule has 6 nitrogen and oxygen atoms in total. The molecule has 292 valence electrons. The average Bonchev–Trinajstić information content (AvgIpc) is 3.10. The van der Waals surface area contributed by atoms with E-state index in [0.717, 1.165) is 49.3 Å². The molecule has 1 unspecified atom stereocenters. The van der Waals surface area contributed by atoms with Gasteiger partial charge >= 0.3 is 30.0 Å². The first-order valence-corrected chi connectivity index (χ1v) is 17.5. The number of carbonyl (C=O) groups is 2. The van der Waals surface area contributed by atoms with Crippen LogP contribution in [0.15, 0.2) is 66.7 Å². The summed E-state index contributed by atoms with van der Waals surface area (Å²) in [5, 5.41) is 0. The Kier molecular flexibility index (Phi) is 16.6. The van der Waals surface area contributed by atoms with Gasteiger partial charge in [0.1, 0.15) is 23.9 Å². The van der Waals surface area contributed by atoms with E-state index >= 15 is 0 Å². The van der Waals surface area contributed by atoms with Crippen LogP contribution >= 0.6 is 0 Å². The largest absolute Gasteiger partial charge is 0.493 e. The van der Waals surface area contributed by atoms with Gasteiger partial charge in [0.15, 0.2) is 0 Å². The second kappa shape index (κ2) is 20.3. The third-order valence-corrected chi connectivity index (χ3v) is 8.25. The highest BCUT2D eigenvalue weighted by Gasteiger charge is 2.73. The third kappa shape index (κ3) is 13.3. The number of halogens is 8. The summed E-state index contributed by atoms with van der Waals surface area (Å²) in [6.07, 6.45) is 1.01. The molecule has 0 N–H and O–H groups in total. The van der Waals surface area contributed by atoms with Crippen LogP contribution < -0.4 is 9.47 Å². The van der Waals surface area contributed by atoms with Crippen LogP contribution in [0.5, 0.6) is 11.5 Å². The Morgan fingerprint density at radius 1 is 0.679 bits per heavy atom. The highest BCUT2D eigenvalue weighted by molar-refractivity contribution is 5.92. The van der Waals surface area contributed by atoms with Gasteiger partial charge in [0, 0.05) is 12.7 Å². The Bertz CT molecular complexity index is 1580. The summed E-state index contributed by atoms with van der Waals surface area (Å²) in [6, 6.07) is 17.2. The number of esters is 2. The molecule has 53 heavy (non-hydrogen) atoms. The first-order valence-electron chi connectivity index (χ1n) is 17.5. The van der Waals surface area contributed by atoms with E-state index in [-0.39, 0.29) is 42.2 Å². The lowest BCUT2D eigenvalue weighted by Gasteiger charge is -2.27. The minimum atomic E-state index is -6.39. The van der Waals surface area contributed by atoms with Crippen LogP contribution in [-0.4, -0.2) is 55.9 Å². The summed E-state index contributed by atoms with van der Waals surface area (Å²) >= 11 is 0. The first kappa shape index (κ1) is 43.2. The molecule has 3 aromatic carbocycles. The third-order valence-electron chi connectivity index (χ3n) is 8.25. The maximum absolute atomic E-state index is 14.7. The number of alkyl halides is 7. The van der Waals surface area contributed by atoms with Gasteiger partial charge in [-0.1, -0.05) is 69.7 Å². The van der Waals surface area contributed by atoms with Crippen LogP contribution in [0.1, 0.15) is 98.8 Å². The summed E-state index contributed by atoms with van der Waals surface area (Å²) in [6.45, 7) is 1.76. The van der Waals surface area contributed by atoms with Crippen molar-refractivity contribution in [1.29, 1.82) is 0 Å². The molecular formula is C39H44F8O6. The Balaban J connectivity index is 1.36. The quantitative estimate of drug-likeness (QED) is 0.0440. The summed E-state index contributed by atoms with van der Waals surface area (Å²) in [5.41, 5.74) is 1.77. The molecule has 0 aliphatic heterocycles. The first-order chi connectivity index (χ1) is 25.1. The molecule has 0 aromatic heterocycles. The number of hydrogen-bond donors (Lipinski definition) is 0. The predicted octanol–water partition coefficient (Wildman–Crippen LogP) is 11.4. The average molecular weight is 761 g/mol. The molecule has 0 saturated heterocycles. The summed E-state index contributed by atoms with van der Waals surface area (Å²) in [4.78, 5) is 25.2. The summed E-state index contributed by atoms with van der Waals surface area (Å²) < 4.78 is 124. The fourth-order valence-electron chi connectivity index (χ4n) is 5.12. The number of hydrogen-bond acceptors (Lipinski definition) is 6. The lowest BCUT2D eigenvalue weighted by Crippen LogP contribution is -2.54. The molecule has 3 aromatic rings. The Morgan fingerprint density at radius 2 is 1.25 bits per heavy atom. The van der Waals surface area contributed by atoms with Gasteiger partial charge < -0.3 is 18.9 Å². The van der Waals surface area contributed by atoms with Crippen molar-refractivity contribution in [2.24, 2.45) is 0 Å². The van der Waals surface area contributed by atoms with Gasteiger partial charge in [-0.3, -0.25) is 0 Å². The van der Waals surface area contributed by atoms with E-state index < -0.39 is 43.0 Å². The minimum Gasteiger partial charge on any atom is -0.493 e. The normalized spacial score (nSPS) is 12.7. The van der Waals surface area contributed by atoms with E-state index in [1.807, 2.05) is 6.92 Å². The van der Waals surface area contributed by atoms with Gasteiger partial charge in [-0.15, -0.1) is 0 Å². The molecule has 0 bridgehead atoms. The van der Waals surface area contributed by atoms with E-state index in [2.05, 4.69) is 11.7 Å². The molecule has 0 amide bonds. The van der Waals surface area contributed by atoms with Crippen LogP contribution in [0.3, 0.4) is 0 Å². The molecule has 0 aliphatic carbocycles. The smallest absolute Gasteiger partial charge is 0.459 e. The standard InChI is InChI=1S/C39H44F8O6/c1-3-4-5-9-12-27(2)52-35(48)30-15-13-28(14-16-30)29-17-19-31(20-18-29)53-36(49)33-22-21-32(25-34(33)40)51-24-11-8-6-7-10-23-50-26-37(41,42)38(43,44)39(45,46)47/h13-22,25,27H,3-12,23-24,26H2,1-2H3. The van der Waals surface area contributed by atoms with Crippen LogP contribution in [-0.2, 0) is 9.47 Å². The zero-order valence-electron chi connectivity index (χ0n) is 29.6. The lowest BCUT2D eigenvalue weighted by molar-refractivity contribution is -0.361. The number of ether oxygens (including phenoxy) is 4. The highest BCUT2D eigenvalue weighted by atomic mass is 19.4. The van der Waals surface area contributed by atoms with Crippen molar-refractivity contribution in [2.45, 2.75) is 102 Å². The molecule has 1 atom stereocenters. The maximum Gasteiger partial charge on any atom is 0.459 e. The van der Waals surface area contributed by atoms with E-state index in [0.29, 0.717) is 31.2 Å². The van der Waals surface area contributed by atoms with Gasteiger partial charge in [-0.25, -0.2) is 14.0 Å². The molecule has 0 radical (unpaired) electrons. The second-order valence-corrected chi connectivity index (χ2v) is 12.6. The van der Waals surface area contributed by atoms with Crippen molar-refractivity contribution in [1.82, 2.24) is 0 Å². The molecule has 3 rings (SSSR count). The van der Waals surface area contributed by atoms with E-state index in [1.165, 1.54) is 12.1 Å². The summed E-state index contributed by atoms with van der Waals surface area (Å²) in [7, 11) is 0. The molecule has 0 fully saturated rings. The molecule has 0 heterocycles. The van der Waals surface area contributed by atoms with Crippen LogP contribution in [0.4, 0.5) is 35.1 Å². The van der Waals surface area contributed by atoms with Gasteiger partial charge in [0.2, 0.25) is 0 Å². The van der Waals surface area contributed by atoms with Crippen molar-refractivity contribution < 1.29 is 63.7 Å². The van der Waals surface area contributed by atoms with E-state index in [1.54, 1.807) is 48.5 Å².